The van der Waals surface area contributed by atoms with E-state index in [9.17, 15) is 14.4 Å². The van der Waals surface area contributed by atoms with Crippen molar-refractivity contribution in [3.8, 4) is 0 Å². The second kappa shape index (κ2) is 52.7. The van der Waals surface area contributed by atoms with Crippen LogP contribution in [-0.2, 0) is 28.6 Å². The number of ether oxygens (including phenoxy) is 3. The van der Waals surface area contributed by atoms with Crippen LogP contribution in [0.5, 0.6) is 0 Å². The van der Waals surface area contributed by atoms with Crippen LogP contribution in [-0.4, -0.2) is 37.2 Å². The smallest absolute Gasteiger partial charge is 0.306 e. The van der Waals surface area contributed by atoms with Crippen LogP contribution in [0.4, 0.5) is 0 Å². The largest absolute Gasteiger partial charge is 0.462 e. The van der Waals surface area contributed by atoms with Gasteiger partial charge in [-0.2, -0.15) is 0 Å². The number of unbranched alkanes of at least 4 members (excludes halogenated alkanes) is 29. The second-order valence-electron chi connectivity index (χ2n) is 18.1. The highest BCUT2D eigenvalue weighted by Crippen LogP contribution is 2.16. The molecule has 0 aromatic heterocycles. The molecule has 370 valence electrons. The molecule has 0 fully saturated rings. The summed E-state index contributed by atoms with van der Waals surface area (Å²) >= 11 is 0. The summed E-state index contributed by atoms with van der Waals surface area (Å²) in [6, 6.07) is 0. The molecular formula is C58H102O6. The summed E-state index contributed by atoms with van der Waals surface area (Å²) in [5.74, 6) is -0.908. The van der Waals surface area contributed by atoms with Crippen LogP contribution >= 0.6 is 0 Å². The molecule has 64 heavy (non-hydrogen) atoms. The van der Waals surface area contributed by atoms with E-state index in [1.54, 1.807) is 0 Å². The summed E-state index contributed by atoms with van der Waals surface area (Å²) < 4.78 is 16.8. The van der Waals surface area contributed by atoms with Gasteiger partial charge in [0.25, 0.3) is 0 Å². The Labute approximate surface area is 396 Å². The molecule has 0 aliphatic heterocycles. The van der Waals surface area contributed by atoms with Gasteiger partial charge in [-0.3, -0.25) is 14.4 Å². The zero-order chi connectivity index (χ0) is 46.5. The normalized spacial score (nSPS) is 12.5. The summed E-state index contributed by atoms with van der Waals surface area (Å²) in [7, 11) is 0. The molecule has 0 heterocycles. The number of esters is 3. The molecule has 6 nitrogen and oxygen atoms in total. The molecule has 1 unspecified atom stereocenters. The lowest BCUT2D eigenvalue weighted by Gasteiger charge is -2.18. The Kier molecular flexibility index (Phi) is 50.4. The molecule has 0 radical (unpaired) electrons. The third-order valence-electron chi connectivity index (χ3n) is 11.8. The third kappa shape index (κ3) is 50.1. The van der Waals surface area contributed by atoms with E-state index in [1.165, 1.54) is 141 Å². The second-order valence-corrected chi connectivity index (χ2v) is 18.1. The van der Waals surface area contributed by atoms with Crippen LogP contribution in [0.2, 0.25) is 0 Å². The van der Waals surface area contributed by atoms with Crippen molar-refractivity contribution >= 4 is 17.9 Å². The van der Waals surface area contributed by atoms with Gasteiger partial charge in [0.2, 0.25) is 0 Å². The van der Waals surface area contributed by atoms with Gasteiger partial charge in [-0.25, -0.2) is 0 Å². The van der Waals surface area contributed by atoms with Crippen molar-refractivity contribution in [2.45, 2.75) is 277 Å². The van der Waals surface area contributed by atoms with E-state index in [2.05, 4.69) is 81.5 Å². The molecular weight excluding hydrogens is 793 g/mol. The molecule has 0 aliphatic rings. The Hall–Kier alpha value is -2.89. The van der Waals surface area contributed by atoms with E-state index in [-0.39, 0.29) is 31.1 Å². The maximum absolute atomic E-state index is 12.8. The lowest BCUT2D eigenvalue weighted by atomic mass is 10.0. The number of allylic oxidation sites excluding steroid dienone is 10. The fourth-order valence-corrected chi connectivity index (χ4v) is 7.67. The van der Waals surface area contributed by atoms with Crippen LogP contribution in [0.25, 0.3) is 0 Å². The zero-order valence-electron chi connectivity index (χ0n) is 42.3. The summed E-state index contributed by atoms with van der Waals surface area (Å²) in [6.07, 6.45) is 65.0. The van der Waals surface area contributed by atoms with Gasteiger partial charge in [-0.05, 0) is 70.6 Å². The van der Waals surface area contributed by atoms with Crippen LogP contribution < -0.4 is 0 Å². The number of carbonyl (C=O) groups excluding carboxylic acids is 3. The summed E-state index contributed by atoms with van der Waals surface area (Å²) in [5, 5.41) is 0. The van der Waals surface area contributed by atoms with Gasteiger partial charge in [0.05, 0.1) is 0 Å². The predicted octanol–water partition coefficient (Wildman–Crippen LogP) is 18.0. The molecule has 0 bridgehead atoms. The van der Waals surface area contributed by atoms with Gasteiger partial charge < -0.3 is 14.2 Å². The number of hydrogen-bond acceptors (Lipinski definition) is 6. The number of carbonyl (C=O) groups is 3. The average molecular weight is 895 g/mol. The number of rotatable bonds is 49. The first kappa shape index (κ1) is 61.1. The van der Waals surface area contributed by atoms with Crippen molar-refractivity contribution in [2.75, 3.05) is 13.2 Å². The highest BCUT2D eigenvalue weighted by Gasteiger charge is 2.19. The van der Waals surface area contributed by atoms with E-state index < -0.39 is 6.10 Å². The van der Waals surface area contributed by atoms with Crippen LogP contribution in [0.15, 0.2) is 60.8 Å². The molecule has 0 saturated heterocycles. The van der Waals surface area contributed by atoms with Crippen molar-refractivity contribution in [3.05, 3.63) is 60.8 Å². The lowest BCUT2D eigenvalue weighted by Crippen LogP contribution is -2.30. The van der Waals surface area contributed by atoms with E-state index in [0.29, 0.717) is 19.3 Å². The Balaban J connectivity index is 4.34. The van der Waals surface area contributed by atoms with Crippen molar-refractivity contribution < 1.29 is 28.6 Å². The molecule has 0 N–H and O–H groups in total. The van der Waals surface area contributed by atoms with Gasteiger partial charge in [0, 0.05) is 19.3 Å². The molecule has 1 atom stereocenters. The topological polar surface area (TPSA) is 78.9 Å². The summed E-state index contributed by atoms with van der Waals surface area (Å²) in [5.41, 5.74) is 0. The highest BCUT2D eigenvalue weighted by molar-refractivity contribution is 5.71. The quantitative estimate of drug-likeness (QED) is 0.0199. The molecule has 0 aliphatic carbocycles. The average Bonchev–Trinajstić information content (AvgIpc) is 3.29. The Morgan fingerprint density at radius 1 is 0.344 bits per heavy atom. The molecule has 0 saturated carbocycles. The van der Waals surface area contributed by atoms with Gasteiger partial charge in [0.15, 0.2) is 6.10 Å². The minimum atomic E-state index is -0.784. The van der Waals surface area contributed by atoms with Gasteiger partial charge >= 0.3 is 17.9 Å². The molecule has 0 amide bonds. The minimum absolute atomic E-state index is 0.0835. The summed E-state index contributed by atoms with van der Waals surface area (Å²) in [6.45, 7) is 6.47. The monoisotopic (exact) mass is 895 g/mol. The highest BCUT2D eigenvalue weighted by atomic mass is 16.6. The summed E-state index contributed by atoms with van der Waals surface area (Å²) in [4.78, 5) is 38.0. The van der Waals surface area contributed by atoms with Gasteiger partial charge in [-0.1, -0.05) is 242 Å². The van der Waals surface area contributed by atoms with Crippen LogP contribution in [0.3, 0.4) is 0 Å². The fraction of sp³-hybridized carbons (Fsp3) is 0.776. The zero-order valence-corrected chi connectivity index (χ0v) is 42.3. The molecule has 0 aromatic carbocycles. The van der Waals surface area contributed by atoms with Gasteiger partial charge in [-0.15, -0.1) is 0 Å². The Morgan fingerprint density at radius 2 is 0.672 bits per heavy atom. The first-order valence-corrected chi connectivity index (χ1v) is 27.3. The van der Waals surface area contributed by atoms with E-state index >= 15 is 0 Å². The van der Waals surface area contributed by atoms with Crippen molar-refractivity contribution in [2.24, 2.45) is 0 Å². The standard InChI is InChI=1S/C58H102O6/c1-4-7-10-13-16-19-22-24-26-28-29-30-32-33-36-39-42-45-48-51-57(60)63-54-55(53-62-56(59)50-47-44-41-38-35-21-18-15-12-9-6-3)64-58(61)52-49-46-43-40-37-34-31-27-25-23-20-17-14-11-8-5-2/h7,10,15-16,18-19,21,24,26,35,55H,4-6,8-9,11-14,17,20,22-23,25,27-34,36-54H2,1-3H3/b10-7-,18-15-,19-16-,26-24-,35-21-. The SMILES string of the molecule is CC/C=C\C/C=C\C/C=C\CCCCCCCCCCCC(=O)OCC(COC(=O)CCCCC/C=C\C=C/CCCC)OC(=O)CCCCCCCCCCCCCCCCCC. The number of hydrogen-bond donors (Lipinski definition) is 0. The van der Waals surface area contributed by atoms with Crippen molar-refractivity contribution in [1.29, 1.82) is 0 Å². The van der Waals surface area contributed by atoms with E-state index in [1.807, 2.05) is 0 Å². The van der Waals surface area contributed by atoms with Gasteiger partial charge in [0.1, 0.15) is 13.2 Å². The maximum Gasteiger partial charge on any atom is 0.306 e. The lowest BCUT2D eigenvalue weighted by molar-refractivity contribution is -0.167. The van der Waals surface area contributed by atoms with E-state index in [4.69, 9.17) is 14.2 Å². The van der Waals surface area contributed by atoms with E-state index in [0.717, 1.165) is 89.9 Å². The molecule has 6 heteroatoms. The van der Waals surface area contributed by atoms with Crippen molar-refractivity contribution in [3.63, 3.8) is 0 Å². The molecule has 0 rings (SSSR count). The van der Waals surface area contributed by atoms with Crippen LogP contribution in [0.1, 0.15) is 271 Å². The van der Waals surface area contributed by atoms with Crippen molar-refractivity contribution in [1.82, 2.24) is 0 Å². The Morgan fingerprint density at radius 3 is 1.11 bits per heavy atom. The minimum Gasteiger partial charge on any atom is -0.462 e. The first-order valence-electron chi connectivity index (χ1n) is 27.3. The van der Waals surface area contributed by atoms with Crippen LogP contribution in [0, 0.1) is 0 Å². The maximum atomic E-state index is 12.8. The first-order chi connectivity index (χ1) is 31.5. The Bertz CT molecular complexity index is 1170. The molecule has 0 spiro atoms. The fourth-order valence-electron chi connectivity index (χ4n) is 7.67. The molecule has 0 aromatic rings. The third-order valence-corrected chi connectivity index (χ3v) is 11.8. The predicted molar refractivity (Wildman–Crippen MR) is 275 cm³/mol.